The van der Waals surface area contributed by atoms with Gasteiger partial charge in [0.25, 0.3) is 0 Å². The van der Waals surface area contributed by atoms with E-state index in [1.807, 2.05) is 42.8 Å². The number of hydrogen-bond acceptors (Lipinski definition) is 5. The molecule has 0 spiro atoms. The average Bonchev–Trinajstić information content (AvgIpc) is 3.13. The second-order valence-electron chi connectivity index (χ2n) is 5.02. The van der Waals surface area contributed by atoms with Crippen LogP contribution >= 0.6 is 0 Å². The Bertz CT molecular complexity index is 580. The fraction of sp³-hybridized carbons (Fsp3) is 0.600. The van der Waals surface area contributed by atoms with Gasteiger partial charge in [-0.2, -0.15) is 0 Å². The zero-order valence-electron chi connectivity index (χ0n) is 12.4. The Labute approximate surface area is 124 Å². The van der Waals surface area contributed by atoms with Gasteiger partial charge in [-0.3, -0.25) is 0 Å². The minimum Gasteiger partial charge on any atom is -0.356 e. The normalized spacial score (nSPS) is 22.4. The predicted molar refractivity (Wildman–Crippen MR) is 77.7 cm³/mol. The Morgan fingerprint density at radius 1 is 1.29 bits per heavy atom. The highest BCUT2D eigenvalue weighted by molar-refractivity contribution is 5.73. The number of fused-ring (bicyclic) bond motifs is 1. The molecule has 1 aliphatic heterocycles. The molecule has 6 heteroatoms. The molecular weight excluding hydrogens is 270 g/mol. The highest BCUT2D eigenvalue weighted by Gasteiger charge is 2.38. The van der Waals surface area contributed by atoms with Gasteiger partial charge in [0, 0.05) is 19.8 Å². The molecule has 1 saturated heterocycles. The summed E-state index contributed by atoms with van der Waals surface area (Å²) in [5.41, 5.74) is 1.84. The van der Waals surface area contributed by atoms with Crippen molar-refractivity contribution in [1.82, 2.24) is 15.0 Å². The van der Waals surface area contributed by atoms with Crippen molar-refractivity contribution in [2.75, 3.05) is 19.8 Å². The van der Waals surface area contributed by atoms with Gasteiger partial charge in [0.2, 0.25) is 0 Å². The fourth-order valence-corrected chi connectivity index (χ4v) is 2.81. The quantitative estimate of drug-likeness (QED) is 0.765. The molecule has 6 nitrogen and oxygen atoms in total. The van der Waals surface area contributed by atoms with E-state index < -0.39 is 0 Å². The Hall–Kier alpha value is -1.50. The third-order valence-corrected chi connectivity index (χ3v) is 3.74. The van der Waals surface area contributed by atoms with Gasteiger partial charge in [0.05, 0.1) is 11.4 Å². The lowest BCUT2D eigenvalue weighted by molar-refractivity contribution is -0.185. The van der Waals surface area contributed by atoms with Crippen LogP contribution in [0.3, 0.4) is 0 Å². The molecule has 3 rings (SSSR count). The molecule has 2 aromatic rings. The first-order valence-corrected chi connectivity index (χ1v) is 7.50. The predicted octanol–water partition coefficient (Wildman–Crippen LogP) is 2.37. The lowest BCUT2D eigenvalue weighted by Crippen LogP contribution is -2.32. The standard InChI is InChI=1S/C15H21N3O3/c1-3-19-15(20-4-2)11-9-10-21-14(11)18-13-8-6-5-7-12(13)16-17-18/h5-8,11,14-15H,3-4,9-10H2,1-2H3/t11-,14-/m0/s1. The first kappa shape index (κ1) is 14.4. The number of rotatable bonds is 6. The van der Waals surface area contributed by atoms with Gasteiger partial charge in [0.1, 0.15) is 5.52 Å². The number of para-hydroxylation sites is 1. The highest BCUT2D eigenvalue weighted by atomic mass is 16.7. The Balaban J connectivity index is 1.89. The summed E-state index contributed by atoms with van der Waals surface area (Å²) < 4.78 is 19.2. The van der Waals surface area contributed by atoms with Crippen molar-refractivity contribution < 1.29 is 14.2 Å². The largest absolute Gasteiger partial charge is 0.356 e. The van der Waals surface area contributed by atoms with E-state index in [0.717, 1.165) is 17.5 Å². The van der Waals surface area contributed by atoms with Crippen LogP contribution in [-0.4, -0.2) is 41.1 Å². The Morgan fingerprint density at radius 2 is 2.05 bits per heavy atom. The molecular formula is C15H21N3O3. The summed E-state index contributed by atoms with van der Waals surface area (Å²) in [4.78, 5) is 0. The fourth-order valence-electron chi connectivity index (χ4n) is 2.81. The molecule has 1 fully saturated rings. The summed E-state index contributed by atoms with van der Waals surface area (Å²) in [5, 5.41) is 8.46. The van der Waals surface area contributed by atoms with Crippen molar-refractivity contribution in [1.29, 1.82) is 0 Å². The summed E-state index contributed by atoms with van der Waals surface area (Å²) in [6, 6.07) is 7.89. The van der Waals surface area contributed by atoms with Crippen LogP contribution in [0.5, 0.6) is 0 Å². The van der Waals surface area contributed by atoms with E-state index in [1.54, 1.807) is 0 Å². The lowest BCUT2D eigenvalue weighted by atomic mass is 10.1. The van der Waals surface area contributed by atoms with E-state index in [-0.39, 0.29) is 18.4 Å². The maximum Gasteiger partial charge on any atom is 0.164 e. The highest BCUT2D eigenvalue weighted by Crippen LogP contribution is 2.35. The van der Waals surface area contributed by atoms with Crippen LogP contribution in [-0.2, 0) is 14.2 Å². The molecule has 114 valence electrons. The van der Waals surface area contributed by atoms with Crippen molar-refractivity contribution in [2.45, 2.75) is 32.8 Å². The second kappa shape index (κ2) is 6.51. The van der Waals surface area contributed by atoms with Crippen molar-refractivity contribution in [3.8, 4) is 0 Å². The molecule has 1 aliphatic rings. The summed E-state index contributed by atoms with van der Waals surface area (Å²) in [7, 11) is 0. The monoisotopic (exact) mass is 291 g/mol. The maximum absolute atomic E-state index is 5.89. The number of hydrogen-bond donors (Lipinski definition) is 0. The second-order valence-corrected chi connectivity index (χ2v) is 5.02. The van der Waals surface area contributed by atoms with Crippen LogP contribution in [0.15, 0.2) is 24.3 Å². The van der Waals surface area contributed by atoms with Crippen LogP contribution in [0.1, 0.15) is 26.5 Å². The molecule has 0 radical (unpaired) electrons. The zero-order valence-corrected chi connectivity index (χ0v) is 12.4. The van der Waals surface area contributed by atoms with Gasteiger partial charge < -0.3 is 14.2 Å². The lowest BCUT2D eigenvalue weighted by Gasteiger charge is -2.27. The zero-order chi connectivity index (χ0) is 14.7. The van der Waals surface area contributed by atoms with E-state index in [9.17, 15) is 0 Å². The van der Waals surface area contributed by atoms with Gasteiger partial charge in [-0.25, -0.2) is 4.68 Å². The first-order valence-electron chi connectivity index (χ1n) is 7.50. The number of benzene rings is 1. The van der Waals surface area contributed by atoms with E-state index >= 15 is 0 Å². The molecule has 1 aromatic heterocycles. The molecule has 0 bridgehead atoms. The SMILES string of the molecule is CCOC(OCC)[C@H]1CCO[C@@H]1n1nnc2ccccc21. The van der Waals surface area contributed by atoms with Crippen molar-refractivity contribution in [3.63, 3.8) is 0 Å². The smallest absolute Gasteiger partial charge is 0.164 e. The van der Waals surface area contributed by atoms with Crippen LogP contribution < -0.4 is 0 Å². The minimum absolute atomic E-state index is 0.120. The van der Waals surface area contributed by atoms with Gasteiger partial charge in [-0.1, -0.05) is 17.3 Å². The molecule has 0 amide bonds. The average molecular weight is 291 g/mol. The number of aromatic nitrogens is 3. The number of ether oxygens (including phenoxy) is 3. The Morgan fingerprint density at radius 3 is 2.81 bits per heavy atom. The summed E-state index contributed by atoms with van der Waals surface area (Å²) in [6.45, 7) is 5.86. The maximum atomic E-state index is 5.89. The molecule has 1 aromatic carbocycles. The molecule has 0 aliphatic carbocycles. The summed E-state index contributed by atoms with van der Waals surface area (Å²) >= 11 is 0. The topological polar surface area (TPSA) is 58.4 Å². The van der Waals surface area contributed by atoms with Crippen LogP contribution in [0.2, 0.25) is 0 Å². The van der Waals surface area contributed by atoms with Crippen LogP contribution in [0.25, 0.3) is 11.0 Å². The van der Waals surface area contributed by atoms with Crippen LogP contribution in [0, 0.1) is 5.92 Å². The van der Waals surface area contributed by atoms with Crippen molar-refractivity contribution in [2.24, 2.45) is 5.92 Å². The van der Waals surface area contributed by atoms with Gasteiger partial charge in [-0.05, 0) is 32.4 Å². The Kier molecular flexibility index (Phi) is 4.48. The minimum atomic E-state index is -0.268. The molecule has 21 heavy (non-hydrogen) atoms. The van der Waals surface area contributed by atoms with Gasteiger partial charge >= 0.3 is 0 Å². The number of nitrogens with zero attached hydrogens (tertiary/aromatic N) is 3. The van der Waals surface area contributed by atoms with Crippen LogP contribution in [0.4, 0.5) is 0 Å². The van der Waals surface area contributed by atoms with Gasteiger partial charge in [0.15, 0.2) is 12.5 Å². The first-order chi connectivity index (χ1) is 10.3. The van der Waals surface area contributed by atoms with E-state index in [1.165, 1.54) is 0 Å². The third-order valence-electron chi connectivity index (χ3n) is 3.74. The van der Waals surface area contributed by atoms with E-state index in [2.05, 4.69) is 10.3 Å². The third kappa shape index (κ3) is 2.79. The van der Waals surface area contributed by atoms with Gasteiger partial charge in [-0.15, -0.1) is 5.10 Å². The van der Waals surface area contributed by atoms with E-state index in [4.69, 9.17) is 14.2 Å². The molecule has 0 N–H and O–H groups in total. The van der Waals surface area contributed by atoms with Crippen molar-refractivity contribution in [3.05, 3.63) is 24.3 Å². The molecule has 0 saturated carbocycles. The van der Waals surface area contributed by atoms with Crippen molar-refractivity contribution >= 4 is 11.0 Å². The molecule has 2 atom stereocenters. The molecule has 0 unspecified atom stereocenters. The molecule has 2 heterocycles. The summed E-state index contributed by atoms with van der Waals surface area (Å²) in [6.07, 6.45) is 0.430. The summed E-state index contributed by atoms with van der Waals surface area (Å²) in [5.74, 6) is 0.120. The van der Waals surface area contributed by atoms with E-state index in [0.29, 0.717) is 19.8 Å².